The number of imide groups is 1. The average molecular weight is 553 g/mol. The summed E-state index contributed by atoms with van der Waals surface area (Å²) in [6.45, 7) is 4.74. The van der Waals surface area contributed by atoms with E-state index in [1.165, 1.54) is 11.2 Å². The number of alkyl halides is 2. The van der Waals surface area contributed by atoms with Crippen LogP contribution in [0.3, 0.4) is 0 Å². The molecule has 11 heteroatoms. The van der Waals surface area contributed by atoms with Crippen molar-refractivity contribution in [3.63, 3.8) is 0 Å². The zero-order chi connectivity index (χ0) is 27.3. The number of hydrogen-bond acceptors (Lipinski definition) is 5. The quantitative estimate of drug-likeness (QED) is 0.371. The average Bonchev–Trinajstić information content (AvgIpc) is 3.21. The van der Waals surface area contributed by atoms with Crippen molar-refractivity contribution >= 4 is 39.8 Å². The second-order valence-corrected chi connectivity index (χ2v) is 12.2. The molecular formula is C28H27ClF2N6O2. The highest BCUT2D eigenvalue weighted by atomic mass is 35.5. The molecule has 39 heavy (non-hydrogen) atoms. The zero-order valence-electron chi connectivity index (χ0n) is 21.5. The lowest BCUT2D eigenvalue weighted by Gasteiger charge is -2.30. The highest BCUT2D eigenvalue weighted by molar-refractivity contribution is 6.32. The van der Waals surface area contributed by atoms with Crippen LogP contribution >= 0.6 is 11.6 Å². The lowest BCUT2D eigenvalue weighted by Crippen LogP contribution is -2.45. The van der Waals surface area contributed by atoms with Crippen LogP contribution in [-0.2, 0) is 22.7 Å². The van der Waals surface area contributed by atoms with Crippen molar-refractivity contribution < 1.29 is 18.4 Å². The van der Waals surface area contributed by atoms with Crippen molar-refractivity contribution in [1.82, 2.24) is 29.4 Å². The first-order valence-corrected chi connectivity index (χ1v) is 13.5. The lowest BCUT2D eigenvalue weighted by atomic mass is 9.96. The van der Waals surface area contributed by atoms with Crippen molar-refractivity contribution in [2.45, 2.75) is 39.3 Å². The number of piperidine rings is 2. The van der Waals surface area contributed by atoms with Gasteiger partial charge < -0.3 is 9.88 Å². The molecule has 1 aliphatic carbocycles. The van der Waals surface area contributed by atoms with Gasteiger partial charge in [0.1, 0.15) is 6.33 Å². The van der Waals surface area contributed by atoms with E-state index in [0.29, 0.717) is 29.3 Å². The molecule has 3 atom stereocenters. The highest BCUT2D eigenvalue weighted by Crippen LogP contribution is 2.63. The number of hydrogen-bond donors (Lipinski definition) is 1. The van der Waals surface area contributed by atoms with Gasteiger partial charge in [0, 0.05) is 47.9 Å². The minimum absolute atomic E-state index is 0.117. The van der Waals surface area contributed by atoms with E-state index >= 15 is 0 Å². The molecule has 202 valence electrons. The Morgan fingerprint density at radius 2 is 1.92 bits per heavy atom. The van der Waals surface area contributed by atoms with Crippen LogP contribution in [-0.4, -0.2) is 54.9 Å². The molecule has 4 aromatic rings. The number of aromatic nitrogens is 4. The molecule has 0 bridgehead atoms. The zero-order valence-corrected chi connectivity index (χ0v) is 22.3. The monoisotopic (exact) mass is 552 g/mol. The van der Waals surface area contributed by atoms with Crippen molar-refractivity contribution in [2.24, 2.45) is 23.2 Å². The number of carbonyl (C=O) groups excluding carboxylic acids is 2. The van der Waals surface area contributed by atoms with E-state index in [4.69, 9.17) is 11.6 Å². The molecule has 2 aliphatic heterocycles. The molecule has 5 heterocycles. The Bertz CT molecular complexity index is 1650. The van der Waals surface area contributed by atoms with Crippen molar-refractivity contribution in [2.75, 3.05) is 13.1 Å². The van der Waals surface area contributed by atoms with E-state index in [9.17, 15) is 18.4 Å². The second-order valence-electron chi connectivity index (χ2n) is 11.7. The summed E-state index contributed by atoms with van der Waals surface area (Å²) in [4.78, 5) is 31.7. The number of amides is 2. The summed E-state index contributed by atoms with van der Waals surface area (Å²) in [7, 11) is 0. The number of benzene rings is 1. The van der Waals surface area contributed by atoms with Crippen molar-refractivity contribution in [3.8, 4) is 11.3 Å². The van der Waals surface area contributed by atoms with Crippen LogP contribution in [0, 0.1) is 23.2 Å². The third-order valence-electron chi connectivity index (χ3n) is 8.63. The smallest absolute Gasteiger partial charge is 0.260 e. The van der Waals surface area contributed by atoms with Gasteiger partial charge in [0.05, 0.1) is 41.7 Å². The number of rotatable bonds is 5. The summed E-state index contributed by atoms with van der Waals surface area (Å²) >= 11 is 6.50. The van der Waals surface area contributed by atoms with Crippen molar-refractivity contribution in [3.05, 3.63) is 53.6 Å². The number of fused-ring (bicyclic) bond motifs is 3. The first-order valence-electron chi connectivity index (χ1n) is 13.1. The van der Waals surface area contributed by atoms with Gasteiger partial charge in [-0.15, -0.1) is 0 Å². The van der Waals surface area contributed by atoms with Crippen LogP contribution < -0.4 is 5.32 Å². The van der Waals surface area contributed by atoms with E-state index in [0.717, 1.165) is 22.0 Å². The molecule has 0 spiro atoms. The summed E-state index contributed by atoms with van der Waals surface area (Å²) < 4.78 is 31.8. The van der Waals surface area contributed by atoms with E-state index < -0.39 is 5.92 Å². The van der Waals surface area contributed by atoms with Gasteiger partial charge in [-0.25, -0.2) is 18.3 Å². The van der Waals surface area contributed by atoms with Crippen LogP contribution in [0.4, 0.5) is 8.78 Å². The summed E-state index contributed by atoms with van der Waals surface area (Å²) in [5, 5.41) is 8.62. The molecule has 3 unspecified atom stereocenters. The Morgan fingerprint density at radius 1 is 1.15 bits per heavy atom. The fourth-order valence-electron chi connectivity index (χ4n) is 6.70. The van der Waals surface area contributed by atoms with Gasteiger partial charge in [0.25, 0.3) is 5.92 Å². The summed E-state index contributed by atoms with van der Waals surface area (Å²) in [5.74, 6) is -3.66. The Morgan fingerprint density at radius 3 is 2.67 bits per heavy atom. The third-order valence-corrected chi connectivity index (χ3v) is 8.85. The molecule has 3 fully saturated rings. The first kappa shape index (κ1) is 24.7. The van der Waals surface area contributed by atoms with Gasteiger partial charge in [-0.2, -0.15) is 5.10 Å². The molecular weight excluding hydrogens is 526 g/mol. The minimum atomic E-state index is -2.73. The molecule has 3 aromatic heterocycles. The topological polar surface area (TPSA) is 84.5 Å². The Balaban J connectivity index is 1.26. The molecule has 2 saturated heterocycles. The predicted octanol–water partition coefficient (Wildman–Crippen LogP) is 4.39. The SMILES string of the molecule is CC1(C)C2C(=O)N(Cc3cc4c(-c5cc(Cl)cc6ccn(CC7CNCC(F)(F)C7)c56)ncnn4c3)C(=O)C21. The summed E-state index contributed by atoms with van der Waals surface area (Å²) in [6.07, 6.45) is 4.97. The third kappa shape index (κ3) is 3.87. The molecule has 8 nitrogen and oxygen atoms in total. The van der Waals surface area contributed by atoms with Crippen LogP contribution in [0.25, 0.3) is 27.7 Å². The second kappa shape index (κ2) is 8.32. The van der Waals surface area contributed by atoms with Crippen LogP contribution in [0.2, 0.25) is 5.02 Å². The van der Waals surface area contributed by atoms with Gasteiger partial charge in [0.15, 0.2) is 0 Å². The standard InChI is InChI=1S/C28H27ClF2N6O2/c1-27(2)21-22(27)26(39)36(25(21)38)11-15-5-20-23(33-14-34-37(20)12-15)19-7-18(29)6-17-3-4-35(24(17)19)10-16-8-28(30,31)13-32-9-16/h3-7,12,14,16,21-22,32H,8-11,13H2,1-2H3. The molecule has 3 aliphatic rings. The maximum Gasteiger partial charge on any atom is 0.260 e. The summed E-state index contributed by atoms with van der Waals surface area (Å²) in [5.41, 5.74) is 3.43. The highest BCUT2D eigenvalue weighted by Gasteiger charge is 2.72. The number of carbonyl (C=O) groups is 2. The van der Waals surface area contributed by atoms with Crippen molar-refractivity contribution in [1.29, 1.82) is 0 Å². The van der Waals surface area contributed by atoms with E-state index in [1.54, 1.807) is 10.7 Å². The number of nitrogens with zero attached hydrogens (tertiary/aromatic N) is 5. The van der Waals surface area contributed by atoms with Gasteiger partial charge in [-0.05, 0) is 41.2 Å². The van der Waals surface area contributed by atoms with E-state index in [2.05, 4.69) is 15.4 Å². The normalized spacial score (nSPS) is 25.6. The largest absolute Gasteiger partial charge is 0.347 e. The van der Waals surface area contributed by atoms with Gasteiger partial charge in [0.2, 0.25) is 11.8 Å². The lowest BCUT2D eigenvalue weighted by molar-refractivity contribution is -0.143. The maximum atomic E-state index is 14.1. The number of nitrogens with one attached hydrogen (secondary N) is 1. The fourth-order valence-corrected chi connectivity index (χ4v) is 6.92. The predicted molar refractivity (Wildman–Crippen MR) is 141 cm³/mol. The number of likely N-dealkylation sites (tertiary alicyclic amines) is 1. The van der Waals surface area contributed by atoms with E-state index in [1.807, 2.05) is 48.9 Å². The molecule has 1 N–H and O–H groups in total. The molecule has 1 aromatic carbocycles. The van der Waals surface area contributed by atoms with Crippen LogP contribution in [0.5, 0.6) is 0 Å². The Kier molecular flexibility index (Phi) is 5.26. The number of halogens is 3. The fraction of sp³-hybridized carbons (Fsp3) is 0.429. The van der Waals surface area contributed by atoms with Crippen LogP contribution in [0.15, 0.2) is 43.0 Å². The maximum absolute atomic E-state index is 14.1. The van der Waals surface area contributed by atoms with Gasteiger partial charge >= 0.3 is 0 Å². The van der Waals surface area contributed by atoms with E-state index in [-0.39, 0.29) is 54.5 Å². The van der Waals surface area contributed by atoms with Gasteiger partial charge in [-0.3, -0.25) is 14.5 Å². The molecule has 1 saturated carbocycles. The Hall–Kier alpha value is -3.37. The molecule has 0 radical (unpaired) electrons. The molecule has 2 amide bonds. The summed E-state index contributed by atoms with van der Waals surface area (Å²) in [6, 6.07) is 7.49. The first-order chi connectivity index (χ1) is 18.5. The van der Waals surface area contributed by atoms with Gasteiger partial charge in [-0.1, -0.05) is 25.4 Å². The Labute approximate surface area is 227 Å². The molecule has 7 rings (SSSR count). The minimum Gasteiger partial charge on any atom is -0.347 e. The van der Waals surface area contributed by atoms with Crippen LogP contribution in [0.1, 0.15) is 25.8 Å².